The Morgan fingerprint density at radius 2 is 1.77 bits per heavy atom. The smallest absolute Gasteiger partial charge is 0.326 e. The molecule has 30 heavy (non-hydrogen) atoms. The predicted molar refractivity (Wildman–Crippen MR) is 112 cm³/mol. The second kappa shape index (κ2) is 8.70. The molecular weight excluding hydrogens is 386 g/mol. The van der Waals surface area contributed by atoms with Crippen LogP contribution in [-0.2, 0) is 6.54 Å². The molecular formula is C20H21N7O3. The third kappa shape index (κ3) is 4.78. The zero-order valence-electron chi connectivity index (χ0n) is 16.2. The van der Waals surface area contributed by atoms with E-state index in [0.717, 1.165) is 38.8 Å². The van der Waals surface area contributed by atoms with Crippen molar-refractivity contribution in [3.63, 3.8) is 0 Å². The Kier molecular flexibility index (Phi) is 5.66. The van der Waals surface area contributed by atoms with Crippen LogP contribution >= 0.6 is 0 Å². The first-order valence-corrected chi connectivity index (χ1v) is 9.55. The minimum Gasteiger partial charge on any atom is -0.354 e. The van der Waals surface area contributed by atoms with Crippen molar-refractivity contribution in [1.29, 1.82) is 0 Å². The molecule has 3 aromatic rings. The van der Waals surface area contributed by atoms with Crippen molar-refractivity contribution in [3.05, 3.63) is 80.9 Å². The van der Waals surface area contributed by atoms with Crippen LogP contribution in [0.15, 0.2) is 58.4 Å². The molecule has 3 N–H and O–H groups in total. The first-order chi connectivity index (χ1) is 14.6. The van der Waals surface area contributed by atoms with Gasteiger partial charge in [-0.1, -0.05) is 30.3 Å². The highest BCUT2D eigenvalue weighted by Gasteiger charge is 2.19. The lowest BCUT2D eigenvalue weighted by Gasteiger charge is -2.35. The van der Waals surface area contributed by atoms with E-state index in [1.807, 2.05) is 23.2 Å². The lowest BCUT2D eigenvalue weighted by atomic mass is 10.2. The Hall–Kier alpha value is -3.79. The number of benzene rings is 1. The van der Waals surface area contributed by atoms with E-state index in [1.54, 1.807) is 6.07 Å². The maximum atomic E-state index is 12.3. The van der Waals surface area contributed by atoms with Crippen LogP contribution in [0, 0.1) is 0 Å². The van der Waals surface area contributed by atoms with Crippen LogP contribution in [-0.4, -0.2) is 56.9 Å². The summed E-state index contributed by atoms with van der Waals surface area (Å²) in [4.78, 5) is 52.2. The summed E-state index contributed by atoms with van der Waals surface area (Å²) in [5, 5.41) is 2.58. The van der Waals surface area contributed by atoms with Gasteiger partial charge in [0.2, 0.25) is 0 Å². The van der Waals surface area contributed by atoms with Gasteiger partial charge in [-0.05, 0) is 5.56 Å². The number of rotatable bonds is 5. The quantitative estimate of drug-likeness (QED) is 0.560. The van der Waals surface area contributed by atoms with E-state index in [0.29, 0.717) is 5.82 Å². The number of anilines is 2. The molecule has 1 amide bonds. The van der Waals surface area contributed by atoms with E-state index in [-0.39, 0.29) is 11.5 Å². The topological polar surface area (TPSA) is 127 Å². The molecule has 2 aromatic heterocycles. The summed E-state index contributed by atoms with van der Waals surface area (Å²) in [6.07, 6.45) is 1.38. The molecule has 1 aliphatic heterocycles. The molecule has 1 aromatic carbocycles. The van der Waals surface area contributed by atoms with Crippen LogP contribution in [0.4, 0.5) is 11.6 Å². The highest BCUT2D eigenvalue weighted by molar-refractivity contribution is 6.02. The standard InChI is InChI=1S/C20H21N7O3/c28-18-10-15(23-20(30)25-18)19(29)24-16-11-17(22-13-21-16)27-8-6-26(7-9-27)12-14-4-2-1-3-5-14/h1-5,10-11,13H,6-9,12H2,(H,21,22,24,29)(H2,23,25,28,30). The van der Waals surface area contributed by atoms with Gasteiger partial charge in [-0.2, -0.15) is 0 Å². The van der Waals surface area contributed by atoms with Crippen LogP contribution < -0.4 is 21.5 Å². The van der Waals surface area contributed by atoms with E-state index in [9.17, 15) is 14.4 Å². The van der Waals surface area contributed by atoms with E-state index in [2.05, 4.69) is 42.2 Å². The van der Waals surface area contributed by atoms with Gasteiger partial charge in [0.05, 0.1) is 0 Å². The molecule has 10 heteroatoms. The summed E-state index contributed by atoms with van der Waals surface area (Å²) >= 11 is 0. The third-order valence-corrected chi connectivity index (χ3v) is 4.84. The number of amides is 1. The predicted octanol–water partition coefficient (Wildman–Crippen LogP) is 0.428. The molecule has 0 spiro atoms. The minimum absolute atomic E-state index is 0.140. The average Bonchev–Trinajstić information content (AvgIpc) is 2.74. The Labute approximate surface area is 171 Å². The number of carbonyl (C=O) groups excluding carboxylic acids is 1. The largest absolute Gasteiger partial charge is 0.354 e. The number of nitrogens with zero attached hydrogens (tertiary/aromatic N) is 4. The van der Waals surface area contributed by atoms with E-state index >= 15 is 0 Å². The Morgan fingerprint density at radius 1 is 1.00 bits per heavy atom. The second-order valence-electron chi connectivity index (χ2n) is 6.97. The Balaban J connectivity index is 1.38. The van der Waals surface area contributed by atoms with Crippen molar-refractivity contribution in [2.75, 3.05) is 36.4 Å². The molecule has 1 fully saturated rings. The SMILES string of the molecule is O=C(Nc1cc(N2CCN(Cc3ccccc3)CC2)ncn1)c1cc(=O)[nH]c(=O)[nH]1. The molecule has 1 saturated heterocycles. The molecule has 0 unspecified atom stereocenters. The molecule has 0 bridgehead atoms. The zero-order chi connectivity index (χ0) is 20.9. The van der Waals surface area contributed by atoms with Gasteiger partial charge in [0.25, 0.3) is 11.5 Å². The van der Waals surface area contributed by atoms with Gasteiger partial charge in [0, 0.05) is 44.9 Å². The van der Waals surface area contributed by atoms with Crippen molar-refractivity contribution < 1.29 is 4.79 Å². The minimum atomic E-state index is -0.746. The number of aromatic amines is 2. The van der Waals surface area contributed by atoms with Crippen LogP contribution in [0.2, 0.25) is 0 Å². The van der Waals surface area contributed by atoms with Gasteiger partial charge in [0.1, 0.15) is 23.7 Å². The molecule has 0 saturated carbocycles. The summed E-state index contributed by atoms with van der Waals surface area (Å²) in [7, 11) is 0. The van der Waals surface area contributed by atoms with Crippen LogP contribution in [0.5, 0.6) is 0 Å². The van der Waals surface area contributed by atoms with Crippen molar-refractivity contribution in [3.8, 4) is 0 Å². The normalized spacial score (nSPS) is 14.5. The van der Waals surface area contributed by atoms with Gasteiger partial charge >= 0.3 is 5.69 Å². The summed E-state index contributed by atoms with van der Waals surface area (Å²) in [6.45, 7) is 4.31. The number of aromatic nitrogens is 4. The molecule has 154 valence electrons. The number of nitrogens with one attached hydrogen (secondary N) is 3. The molecule has 0 atom stereocenters. The van der Waals surface area contributed by atoms with E-state index in [1.165, 1.54) is 11.9 Å². The molecule has 3 heterocycles. The summed E-state index contributed by atoms with van der Waals surface area (Å²) < 4.78 is 0. The fraction of sp³-hybridized carbons (Fsp3) is 0.250. The zero-order valence-corrected chi connectivity index (χ0v) is 16.2. The molecule has 4 rings (SSSR count). The van der Waals surface area contributed by atoms with Crippen molar-refractivity contribution >= 4 is 17.5 Å². The van der Waals surface area contributed by atoms with Crippen LogP contribution in [0.3, 0.4) is 0 Å². The fourth-order valence-corrected chi connectivity index (χ4v) is 3.34. The fourth-order valence-electron chi connectivity index (χ4n) is 3.34. The first-order valence-electron chi connectivity index (χ1n) is 9.55. The molecule has 1 aliphatic rings. The summed E-state index contributed by atoms with van der Waals surface area (Å²) in [5.74, 6) is 0.368. The van der Waals surface area contributed by atoms with E-state index < -0.39 is 17.2 Å². The first kappa shape index (κ1) is 19.5. The third-order valence-electron chi connectivity index (χ3n) is 4.84. The molecule has 0 radical (unpaired) electrons. The van der Waals surface area contributed by atoms with Crippen molar-refractivity contribution in [2.24, 2.45) is 0 Å². The van der Waals surface area contributed by atoms with Crippen molar-refractivity contribution in [1.82, 2.24) is 24.8 Å². The van der Waals surface area contributed by atoms with Crippen molar-refractivity contribution in [2.45, 2.75) is 6.54 Å². The number of hydrogen-bond donors (Lipinski definition) is 3. The summed E-state index contributed by atoms with van der Waals surface area (Å²) in [5.41, 5.74) is -0.251. The van der Waals surface area contributed by atoms with Gasteiger partial charge in [-0.3, -0.25) is 19.5 Å². The number of H-pyrrole nitrogens is 2. The highest BCUT2D eigenvalue weighted by Crippen LogP contribution is 2.17. The monoisotopic (exact) mass is 407 g/mol. The second-order valence-corrected chi connectivity index (χ2v) is 6.97. The lowest BCUT2D eigenvalue weighted by molar-refractivity contribution is 0.102. The van der Waals surface area contributed by atoms with E-state index in [4.69, 9.17) is 0 Å². The van der Waals surface area contributed by atoms with Gasteiger partial charge < -0.3 is 15.2 Å². The lowest BCUT2D eigenvalue weighted by Crippen LogP contribution is -2.46. The maximum absolute atomic E-state index is 12.3. The molecule has 0 aliphatic carbocycles. The van der Waals surface area contributed by atoms with Gasteiger partial charge in [-0.25, -0.2) is 14.8 Å². The average molecular weight is 407 g/mol. The maximum Gasteiger partial charge on any atom is 0.326 e. The number of hydrogen-bond acceptors (Lipinski definition) is 7. The number of carbonyl (C=O) groups is 1. The molecule has 10 nitrogen and oxygen atoms in total. The number of piperazine rings is 1. The van der Waals surface area contributed by atoms with Gasteiger partial charge in [0.15, 0.2) is 0 Å². The van der Waals surface area contributed by atoms with Gasteiger partial charge in [-0.15, -0.1) is 0 Å². The summed E-state index contributed by atoms with van der Waals surface area (Å²) in [6, 6.07) is 13.0. The highest BCUT2D eigenvalue weighted by atomic mass is 16.2. The Bertz CT molecular complexity index is 1110. The Morgan fingerprint density at radius 3 is 2.50 bits per heavy atom. The van der Waals surface area contributed by atoms with Crippen LogP contribution in [0.25, 0.3) is 0 Å². The van der Waals surface area contributed by atoms with Crippen LogP contribution in [0.1, 0.15) is 16.1 Å².